The van der Waals surface area contributed by atoms with E-state index in [1.54, 1.807) is 12.4 Å². The Bertz CT molecular complexity index is 704. The second-order valence-corrected chi connectivity index (χ2v) is 7.13. The first kappa shape index (κ1) is 16.1. The van der Waals surface area contributed by atoms with Crippen molar-refractivity contribution >= 4 is 11.7 Å². The van der Waals surface area contributed by atoms with E-state index < -0.39 is 0 Å². The Balaban J connectivity index is 1.30. The van der Waals surface area contributed by atoms with Crippen LogP contribution in [-0.2, 0) is 6.42 Å². The molecule has 130 valence electrons. The molecule has 1 saturated heterocycles. The molecule has 5 heteroatoms. The van der Waals surface area contributed by atoms with Crippen LogP contribution in [0.3, 0.4) is 0 Å². The zero-order chi connectivity index (χ0) is 17.1. The van der Waals surface area contributed by atoms with Crippen LogP contribution in [-0.4, -0.2) is 35.0 Å². The van der Waals surface area contributed by atoms with Crippen molar-refractivity contribution in [1.29, 1.82) is 0 Å². The number of hydrogen-bond acceptors (Lipinski definition) is 4. The van der Waals surface area contributed by atoms with Crippen molar-refractivity contribution in [2.45, 2.75) is 38.1 Å². The monoisotopic (exact) mass is 336 g/mol. The summed E-state index contributed by atoms with van der Waals surface area (Å²) >= 11 is 0. The largest absolute Gasteiger partial charge is 0.355 e. The number of anilines is 1. The van der Waals surface area contributed by atoms with Gasteiger partial charge in [0, 0.05) is 19.1 Å². The standard InChI is InChI=1S/C20H24N4O/c25-20(23-17-6-7-17)18-13-22-19(14-21-18)24-10-8-16(9-11-24)12-15-4-2-1-3-5-15/h1-5,13-14,16-17H,6-12H2,(H,23,25). The van der Waals surface area contributed by atoms with Gasteiger partial charge in [0.1, 0.15) is 11.5 Å². The SMILES string of the molecule is O=C(NC1CC1)c1cnc(N2CCC(Cc3ccccc3)CC2)cn1. The fourth-order valence-electron chi connectivity index (χ4n) is 3.40. The van der Waals surface area contributed by atoms with E-state index in [-0.39, 0.29) is 5.91 Å². The highest BCUT2D eigenvalue weighted by Crippen LogP contribution is 2.24. The van der Waals surface area contributed by atoms with Crippen LogP contribution in [0.5, 0.6) is 0 Å². The second-order valence-electron chi connectivity index (χ2n) is 7.13. The molecule has 1 aromatic carbocycles. The molecular formula is C20H24N4O. The van der Waals surface area contributed by atoms with E-state index in [9.17, 15) is 4.79 Å². The van der Waals surface area contributed by atoms with Crippen LogP contribution in [0.4, 0.5) is 5.82 Å². The molecule has 2 heterocycles. The maximum atomic E-state index is 12.0. The summed E-state index contributed by atoms with van der Waals surface area (Å²) in [7, 11) is 0. The summed E-state index contributed by atoms with van der Waals surface area (Å²) in [5.74, 6) is 1.50. The number of carbonyl (C=O) groups is 1. The van der Waals surface area contributed by atoms with Crippen molar-refractivity contribution in [3.05, 3.63) is 54.0 Å². The smallest absolute Gasteiger partial charge is 0.271 e. The van der Waals surface area contributed by atoms with Crippen LogP contribution in [0, 0.1) is 5.92 Å². The third-order valence-electron chi connectivity index (χ3n) is 5.09. The van der Waals surface area contributed by atoms with Gasteiger partial charge in [-0.05, 0) is 43.6 Å². The summed E-state index contributed by atoms with van der Waals surface area (Å²) in [4.78, 5) is 23.0. The number of piperidine rings is 1. The highest BCUT2D eigenvalue weighted by atomic mass is 16.2. The molecule has 4 rings (SSSR count). The molecule has 1 aromatic heterocycles. The van der Waals surface area contributed by atoms with Crippen molar-refractivity contribution < 1.29 is 4.79 Å². The maximum Gasteiger partial charge on any atom is 0.271 e. The Morgan fingerprint density at radius 1 is 1.04 bits per heavy atom. The Morgan fingerprint density at radius 2 is 1.80 bits per heavy atom. The minimum Gasteiger partial charge on any atom is -0.355 e. The normalized spacial score (nSPS) is 18.2. The van der Waals surface area contributed by atoms with Gasteiger partial charge in [-0.15, -0.1) is 0 Å². The van der Waals surface area contributed by atoms with Crippen LogP contribution in [0.25, 0.3) is 0 Å². The topological polar surface area (TPSA) is 58.1 Å². The van der Waals surface area contributed by atoms with Gasteiger partial charge in [-0.2, -0.15) is 0 Å². The van der Waals surface area contributed by atoms with E-state index in [1.807, 2.05) is 0 Å². The maximum absolute atomic E-state index is 12.0. The van der Waals surface area contributed by atoms with Gasteiger partial charge in [0.05, 0.1) is 12.4 Å². The summed E-state index contributed by atoms with van der Waals surface area (Å²) in [5, 5.41) is 2.94. The summed E-state index contributed by atoms with van der Waals surface area (Å²) < 4.78 is 0. The lowest BCUT2D eigenvalue weighted by atomic mass is 9.90. The average molecular weight is 336 g/mol. The van der Waals surface area contributed by atoms with E-state index in [4.69, 9.17) is 0 Å². The van der Waals surface area contributed by atoms with E-state index >= 15 is 0 Å². The molecule has 25 heavy (non-hydrogen) atoms. The average Bonchev–Trinajstić information content (AvgIpc) is 3.47. The summed E-state index contributed by atoms with van der Waals surface area (Å²) in [6.45, 7) is 2.00. The number of nitrogens with one attached hydrogen (secondary N) is 1. The number of aromatic nitrogens is 2. The Hall–Kier alpha value is -2.43. The molecule has 1 aliphatic carbocycles. The lowest BCUT2D eigenvalue weighted by Gasteiger charge is -2.32. The molecule has 0 bridgehead atoms. The van der Waals surface area contributed by atoms with E-state index in [0.717, 1.165) is 44.1 Å². The molecule has 1 aliphatic heterocycles. The number of hydrogen-bond donors (Lipinski definition) is 1. The molecule has 1 N–H and O–H groups in total. The second kappa shape index (κ2) is 7.21. The van der Waals surface area contributed by atoms with Crippen molar-refractivity contribution in [1.82, 2.24) is 15.3 Å². The van der Waals surface area contributed by atoms with Crippen LogP contribution >= 0.6 is 0 Å². The van der Waals surface area contributed by atoms with E-state index in [2.05, 4.69) is 50.5 Å². The molecule has 2 aromatic rings. The third kappa shape index (κ3) is 4.16. The number of amides is 1. The number of rotatable bonds is 5. The van der Waals surface area contributed by atoms with Gasteiger partial charge in [0.15, 0.2) is 0 Å². The van der Waals surface area contributed by atoms with Gasteiger partial charge in [-0.3, -0.25) is 4.79 Å². The molecule has 0 unspecified atom stereocenters. The van der Waals surface area contributed by atoms with Crippen LogP contribution in [0.15, 0.2) is 42.7 Å². The van der Waals surface area contributed by atoms with Gasteiger partial charge in [0.2, 0.25) is 0 Å². The molecular weight excluding hydrogens is 312 g/mol. The number of benzene rings is 1. The van der Waals surface area contributed by atoms with Gasteiger partial charge < -0.3 is 10.2 Å². The van der Waals surface area contributed by atoms with Gasteiger partial charge in [0.25, 0.3) is 5.91 Å². The van der Waals surface area contributed by atoms with Crippen molar-refractivity contribution in [2.75, 3.05) is 18.0 Å². The van der Waals surface area contributed by atoms with E-state index in [1.165, 1.54) is 18.4 Å². The Morgan fingerprint density at radius 3 is 2.44 bits per heavy atom. The Labute approximate surface area is 148 Å². The number of nitrogens with zero attached hydrogens (tertiary/aromatic N) is 3. The van der Waals surface area contributed by atoms with Gasteiger partial charge >= 0.3 is 0 Å². The highest BCUT2D eigenvalue weighted by molar-refractivity contribution is 5.92. The predicted molar refractivity (Wildman–Crippen MR) is 97.6 cm³/mol. The first-order valence-corrected chi connectivity index (χ1v) is 9.20. The first-order chi connectivity index (χ1) is 12.3. The van der Waals surface area contributed by atoms with Crippen molar-refractivity contribution in [3.63, 3.8) is 0 Å². The fraction of sp³-hybridized carbons (Fsp3) is 0.450. The molecule has 5 nitrogen and oxygen atoms in total. The lowest BCUT2D eigenvalue weighted by Crippen LogP contribution is -2.35. The molecule has 2 aliphatic rings. The summed E-state index contributed by atoms with van der Waals surface area (Å²) in [6, 6.07) is 11.1. The van der Waals surface area contributed by atoms with Crippen LogP contribution < -0.4 is 10.2 Å². The number of carbonyl (C=O) groups excluding carboxylic acids is 1. The zero-order valence-electron chi connectivity index (χ0n) is 14.4. The molecule has 1 saturated carbocycles. The zero-order valence-corrected chi connectivity index (χ0v) is 14.4. The molecule has 2 fully saturated rings. The van der Waals surface area contributed by atoms with Crippen molar-refractivity contribution in [2.24, 2.45) is 5.92 Å². The summed E-state index contributed by atoms with van der Waals surface area (Å²) in [5.41, 5.74) is 1.83. The summed E-state index contributed by atoms with van der Waals surface area (Å²) in [6.07, 6.45) is 8.98. The molecule has 1 amide bonds. The first-order valence-electron chi connectivity index (χ1n) is 9.20. The third-order valence-corrected chi connectivity index (χ3v) is 5.09. The minimum atomic E-state index is -0.108. The lowest BCUT2D eigenvalue weighted by molar-refractivity contribution is 0.0945. The van der Waals surface area contributed by atoms with Crippen LogP contribution in [0.1, 0.15) is 41.7 Å². The Kier molecular flexibility index (Phi) is 4.63. The fourth-order valence-corrected chi connectivity index (χ4v) is 3.40. The van der Waals surface area contributed by atoms with E-state index in [0.29, 0.717) is 11.7 Å². The highest BCUT2D eigenvalue weighted by Gasteiger charge is 2.25. The quantitative estimate of drug-likeness (QED) is 0.912. The van der Waals surface area contributed by atoms with Crippen molar-refractivity contribution in [3.8, 4) is 0 Å². The predicted octanol–water partition coefficient (Wildman–Crippen LogP) is 2.83. The van der Waals surface area contributed by atoms with Gasteiger partial charge in [-0.25, -0.2) is 9.97 Å². The van der Waals surface area contributed by atoms with Crippen LogP contribution in [0.2, 0.25) is 0 Å². The molecule has 0 atom stereocenters. The molecule has 0 spiro atoms. The molecule has 0 radical (unpaired) electrons. The van der Waals surface area contributed by atoms with Gasteiger partial charge in [-0.1, -0.05) is 30.3 Å². The minimum absolute atomic E-state index is 0.108.